The van der Waals surface area contributed by atoms with Crippen LogP contribution < -0.4 is 14.4 Å². The maximum atomic E-state index is 12.5. The molecule has 1 amide bonds. The molecule has 0 saturated carbocycles. The van der Waals surface area contributed by atoms with Crippen LogP contribution in [0.1, 0.15) is 12.5 Å². The van der Waals surface area contributed by atoms with Crippen LogP contribution >= 0.6 is 22.9 Å². The minimum atomic E-state index is -3.67. The summed E-state index contributed by atoms with van der Waals surface area (Å²) in [6.07, 6.45) is 0. The number of anilines is 2. The summed E-state index contributed by atoms with van der Waals surface area (Å²) in [4.78, 5) is 18.1. The van der Waals surface area contributed by atoms with E-state index in [2.05, 4.69) is 9.71 Å². The number of aromatic nitrogens is 1. The summed E-state index contributed by atoms with van der Waals surface area (Å²) in [5, 5.41) is 2.42. The quantitative estimate of drug-likeness (QED) is 0.593. The van der Waals surface area contributed by atoms with E-state index in [0.29, 0.717) is 34.3 Å². The normalized spacial score (nSPS) is 13.7. The number of sulfonamides is 1. The van der Waals surface area contributed by atoms with Crippen molar-refractivity contribution in [3.8, 4) is 17.0 Å². The van der Waals surface area contributed by atoms with E-state index in [1.165, 1.54) is 11.3 Å². The Bertz CT molecular complexity index is 1210. The molecule has 0 fully saturated rings. The van der Waals surface area contributed by atoms with Crippen molar-refractivity contribution in [2.45, 2.75) is 12.7 Å². The highest BCUT2D eigenvalue weighted by Gasteiger charge is 2.25. The van der Waals surface area contributed by atoms with Gasteiger partial charge in [0.05, 0.1) is 17.1 Å². The topological polar surface area (TPSA) is 88.6 Å². The fourth-order valence-electron chi connectivity index (χ4n) is 3.15. The average Bonchev–Trinajstić information content (AvgIpc) is 3.17. The first kappa shape index (κ1) is 20.6. The molecule has 3 aromatic rings. The van der Waals surface area contributed by atoms with Gasteiger partial charge in [0.1, 0.15) is 5.75 Å². The van der Waals surface area contributed by atoms with Crippen LogP contribution in [0.4, 0.5) is 10.8 Å². The molecule has 2 heterocycles. The summed E-state index contributed by atoms with van der Waals surface area (Å²) in [7, 11) is -3.67. The SMILES string of the molecule is CCN1C(=O)COc2ccc(-c3csc(NS(=O)(=O)Cc4ccccc4Cl)n3)cc21. The van der Waals surface area contributed by atoms with Gasteiger partial charge in [-0.3, -0.25) is 9.52 Å². The molecule has 7 nitrogen and oxygen atoms in total. The largest absolute Gasteiger partial charge is 0.482 e. The van der Waals surface area contributed by atoms with Crippen molar-refractivity contribution in [3.05, 3.63) is 58.4 Å². The second-order valence-corrected chi connectivity index (χ2v) is 9.59. The third-order valence-corrected chi connectivity index (χ3v) is 7.02. The number of hydrogen-bond acceptors (Lipinski definition) is 6. The standard InChI is InChI=1S/C20H18ClN3O4S2/c1-2-24-17-9-13(7-8-18(17)28-10-19(24)25)16-11-29-20(22-16)23-30(26,27)12-14-5-3-4-6-15(14)21/h3-9,11H,2,10,12H2,1H3,(H,22,23). The number of ether oxygens (including phenoxy) is 1. The lowest BCUT2D eigenvalue weighted by atomic mass is 10.1. The smallest absolute Gasteiger partial charge is 0.265 e. The Morgan fingerprint density at radius 1 is 1.27 bits per heavy atom. The minimum Gasteiger partial charge on any atom is -0.482 e. The van der Waals surface area contributed by atoms with Gasteiger partial charge in [-0.2, -0.15) is 0 Å². The van der Waals surface area contributed by atoms with Crippen LogP contribution in [0, 0.1) is 0 Å². The van der Waals surface area contributed by atoms with Crippen LogP contribution in [0.25, 0.3) is 11.3 Å². The Morgan fingerprint density at radius 2 is 2.07 bits per heavy atom. The molecule has 2 aromatic carbocycles. The van der Waals surface area contributed by atoms with Crippen molar-refractivity contribution in [1.29, 1.82) is 0 Å². The van der Waals surface area contributed by atoms with Gasteiger partial charge in [0.15, 0.2) is 11.7 Å². The number of halogens is 1. The van der Waals surface area contributed by atoms with Crippen molar-refractivity contribution >= 4 is 49.7 Å². The molecular weight excluding hydrogens is 446 g/mol. The number of thiazole rings is 1. The molecule has 1 aliphatic heterocycles. The molecule has 0 aliphatic carbocycles. The number of carbonyl (C=O) groups excluding carboxylic acids is 1. The fourth-order valence-corrected chi connectivity index (χ4v) is 5.61. The van der Waals surface area contributed by atoms with E-state index in [-0.39, 0.29) is 23.4 Å². The predicted octanol–water partition coefficient (Wildman–Crippen LogP) is 4.15. The molecule has 0 unspecified atom stereocenters. The summed E-state index contributed by atoms with van der Waals surface area (Å²) < 4.78 is 33.0. The molecule has 1 aliphatic rings. The highest BCUT2D eigenvalue weighted by atomic mass is 35.5. The molecule has 1 N–H and O–H groups in total. The Morgan fingerprint density at radius 3 is 2.83 bits per heavy atom. The predicted molar refractivity (Wildman–Crippen MR) is 119 cm³/mol. The van der Waals surface area contributed by atoms with E-state index in [4.69, 9.17) is 16.3 Å². The molecule has 0 radical (unpaired) electrons. The lowest BCUT2D eigenvalue weighted by Gasteiger charge is -2.28. The van der Waals surface area contributed by atoms with E-state index in [9.17, 15) is 13.2 Å². The lowest BCUT2D eigenvalue weighted by Crippen LogP contribution is -2.38. The molecule has 0 bridgehead atoms. The Balaban J connectivity index is 1.55. The van der Waals surface area contributed by atoms with Crippen molar-refractivity contribution in [3.63, 3.8) is 0 Å². The molecule has 30 heavy (non-hydrogen) atoms. The highest BCUT2D eigenvalue weighted by molar-refractivity contribution is 7.92. The summed E-state index contributed by atoms with van der Waals surface area (Å²) in [5.74, 6) is 0.287. The second kappa shape index (κ2) is 8.25. The van der Waals surface area contributed by atoms with Crippen molar-refractivity contribution in [2.75, 3.05) is 22.8 Å². The molecule has 0 spiro atoms. The molecule has 0 atom stereocenters. The van der Waals surface area contributed by atoms with Gasteiger partial charge >= 0.3 is 0 Å². The number of likely N-dealkylation sites (N-methyl/N-ethyl adjacent to an activating group) is 1. The summed E-state index contributed by atoms with van der Waals surface area (Å²) in [5.41, 5.74) is 2.56. The van der Waals surface area contributed by atoms with Gasteiger partial charge in [-0.1, -0.05) is 29.8 Å². The number of amides is 1. The Kier molecular flexibility index (Phi) is 5.68. The van der Waals surface area contributed by atoms with Crippen molar-refractivity contribution in [1.82, 2.24) is 4.98 Å². The van der Waals surface area contributed by atoms with Gasteiger partial charge in [-0.05, 0) is 36.8 Å². The summed E-state index contributed by atoms with van der Waals surface area (Å²) >= 11 is 7.25. The number of hydrogen-bond donors (Lipinski definition) is 1. The third kappa shape index (κ3) is 4.28. The first-order chi connectivity index (χ1) is 14.4. The van der Waals surface area contributed by atoms with Crippen molar-refractivity contribution in [2.24, 2.45) is 0 Å². The maximum absolute atomic E-state index is 12.5. The van der Waals surface area contributed by atoms with Gasteiger partial charge < -0.3 is 9.64 Å². The van der Waals surface area contributed by atoms with E-state index < -0.39 is 10.0 Å². The second-order valence-electron chi connectivity index (χ2n) is 6.60. The zero-order valence-electron chi connectivity index (χ0n) is 16.0. The number of benzene rings is 2. The molecule has 156 valence electrons. The van der Waals surface area contributed by atoms with Crippen LogP contribution in [-0.2, 0) is 20.6 Å². The average molecular weight is 464 g/mol. The monoisotopic (exact) mass is 463 g/mol. The van der Waals surface area contributed by atoms with E-state index in [0.717, 1.165) is 5.56 Å². The number of rotatable bonds is 6. The number of nitrogens with zero attached hydrogens (tertiary/aromatic N) is 2. The fraction of sp³-hybridized carbons (Fsp3) is 0.200. The highest BCUT2D eigenvalue weighted by Crippen LogP contribution is 2.36. The van der Waals surface area contributed by atoms with Crippen LogP contribution in [0.3, 0.4) is 0 Å². The van der Waals surface area contributed by atoms with Gasteiger partial charge in [-0.15, -0.1) is 11.3 Å². The molecule has 1 aromatic heterocycles. The molecule has 4 rings (SSSR count). The minimum absolute atomic E-state index is 0.0221. The van der Waals surface area contributed by atoms with Crippen LogP contribution in [-0.4, -0.2) is 32.5 Å². The van der Waals surface area contributed by atoms with E-state index in [1.807, 2.05) is 19.1 Å². The van der Waals surface area contributed by atoms with Crippen LogP contribution in [0.5, 0.6) is 5.75 Å². The first-order valence-electron chi connectivity index (χ1n) is 9.13. The first-order valence-corrected chi connectivity index (χ1v) is 12.0. The number of carbonyl (C=O) groups is 1. The lowest BCUT2D eigenvalue weighted by molar-refractivity contribution is -0.121. The zero-order valence-corrected chi connectivity index (χ0v) is 18.4. The molecular formula is C20H18ClN3O4S2. The van der Waals surface area contributed by atoms with E-state index in [1.54, 1.807) is 40.6 Å². The number of nitrogens with one attached hydrogen (secondary N) is 1. The molecule has 10 heteroatoms. The van der Waals surface area contributed by atoms with Gasteiger partial charge in [0, 0.05) is 22.5 Å². The van der Waals surface area contributed by atoms with Crippen LogP contribution in [0.15, 0.2) is 47.8 Å². The van der Waals surface area contributed by atoms with Gasteiger partial charge in [0.25, 0.3) is 5.91 Å². The van der Waals surface area contributed by atoms with Crippen LogP contribution in [0.2, 0.25) is 5.02 Å². The number of fused-ring (bicyclic) bond motifs is 1. The van der Waals surface area contributed by atoms with Gasteiger partial charge in [0.2, 0.25) is 10.0 Å². The van der Waals surface area contributed by atoms with Gasteiger partial charge in [-0.25, -0.2) is 13.4 Å². The summed E-state index contributed by atoms with van der Waals surface area (Å²) in [6.45, 7) is 2.45. The van der Waals surface area contributed by atoms with E-state index >= 15 is 0 Å². The Labute approximate surface area is 183 Å². The summed E-state index contributed by atoms with van der Waals surface area (Å²) in [6, 6.07) is 12.3. The van der Waals surface area contributed by atoms with Crippen molar-refractivity contribution < 1.29 is 17.9 Å². The zero-order chi connectivity index (χ0) is 21.3. The molecule has 0 saturated heterocycles. The third-order valence-electron chi connectivity index (χ3n) is 4.56. The maximum Gasteiger partial charge on any atom is 0.265 e. The Hall–Kier alpha value is -2.62.